The maximum absolute atomic E-state index is 14.3. The van der Waals surface area contributed by atoms with Gasteiger partial charge in [0.05, 0.1) is 24.1 Å². The molecule has 0 aliphatic carbocycles. The highest BCUT2D eigenvalue weighted by Gasteiger charge is 2.23. The van der Waals surface area contributed by atoms with Crippen LogP contribution in [0.2, 0.25) is 0 Å². The first kappa shape index (κ1) is 24.1. The van der Waals surface area contributed by atoms with Gasteiger partial charge in [-0.1, -0.05) is 24.3 Å². The summed E-state index contributed by atoms with van der Waals surface area (Å²) >= 11 is 2.88. The first-order valence-electron chi connectivity index (χ1n) is 11.5. The molecule has 9 heteroatoms. The average molecular weight is 513 g/mol. The Hall–Kier alpha value is -2.56. The molecular formula is C26H26F2N4OS2. The molecule has 3 heterocycles. The molecule has 5 rings (SSSR count). The molecule has 0 saturated carbocycles. The van der Waals surface area contributed by atoms with E-state index in [1.54, 1.807) is 24.3 Å². The first-order valence-corrected chi connectivity index (χ1v) is 13.2. The van der Waals surface area contributed by atoms with Gasteiger partial charge in [0.15, 0.2) is 0 Å². The number of thiazole rings is 2. The van der Waals surface area contributed by atoms with E-state index in [2.05, 4.69) is 16.8 Å². The molecule has 182 valence electrons. The van der Waals surface area contributed by atoms with Crippen LogP contribution in [0.25, 0.3) is 21.1 Å². The highest BCUT2D eigenvalue weighted by molar-refractivity contribution is 7.13. The Kier molecular flexibility index (Phi) is 7.60. The number of ether oxygens (including phenoxy) is 1. The van der Waals surface area contributed by atoms with Gasteiger partial charge < -0.3 is 9.64 Å². The van der Waals surface area contributed by atoms with Crippen LogP contribution in [-0.4, -0.2) is 59.2 Å². The molecule has 1 aliphatic heterocycles. The average Bonchev–Trinajstić information content (AvgIpc) is 3.49. The molecule has 1 saturated heterocycles. The lowest BCUT2D eigenvalue weighted by atomic mass is 10.2. The van der Waals surface area contributed by atoms with E-state index in [-0.39, 0.29) is 17.7 Å². The summed E-state index contributed by atoms with van der Waals surface area (Å²) in [6, 6.07) is 13.4. The van der Waals surface area contributed by atoms with E-state index in [1.165, 1.54) is 34.8 Å². The van der Waals surface area contributed by atoms with Gasteiger partial charge in [-0.3, -0.25) is 4.90 Å². The van der Waals surface area contributed by atoms with Crippen LogP contribution in [0.5, 0.6) is 0 Å². The summed E-state index contributed by atoms with van der Waals surface area (Å²) in [6.45, 7) is 4.36. The third kappa shape index (κ3) is 5.99. The molecular weight excluding hydrogens is 486 g/mol. The second-order valence-electron chi connectivity index (χ2n) is 8.67. The zero-order chi connectivity index (χ0) is 24.2. The Balaban J connectivity index is 1.35. The van der Waals surface area contributed by atoms with Gasteiger partial charge in [0, 0.05) is 54.6 Å². The van der Waals surface area contributed by atoms with Crippen molar-refractivity contribution in [2.75, 3.05) is 33.3 Å². The van der Waals surface area contributed by atoms with Crippen molar-refractivity contribution in [1.29, 1.82) is 0 Å². The summed E-state index contributed by atoms with van der Waals surface area (Å²) in [5.74, 6) is -0.543. The number of aromatic nitrogens is 2. The van der Waals surface area contributed by atoms with Crippen molar-refractivity contribution in [1.82, 2.24) is 19.8 Å². The lowest BCUT2D eigenvalue weighted by Crippen LogP contribution is -2.45. The quantitative estimate of drug-likeness (QED) is 0.310. The number of morpholine rings is 1. The number of halogens is 2. The molecule has 5 nitrogen and oxygen atoms in total. The maximum atomic E-state index is 14.3. The second-order valence-corrected chi connectivity index (χ2v) is 10.4. The molecule has 2 aromatic carbocycles. The summed E-state index contributed by atoms with van der Waals surface area (Å²) in [5, 5.41) is 5.30. The predicted molar refractivity (Wildman–Crippen MR) is 136 cm³/mol. The largest absolute Gasteiger partial charge is 0.374 e. The van der Waals surface area contributed by atoms with Crippen LogP contribution in [0.1, 0.15) is 11.4 Å². The Morgan fingerprint density at radius 2 is 1.46 bits per heavy atom. The molecule has 0 amide bonds. The lowest BCUT2D eigenvalue weighted by molar-refractivity contribution is -0.0381. The van der Waals surface area contributed by atoms with Crippen molar-refractivity contribution < 1.29 is 13.5 Å². The highest BCUT2D eigenvalue weighted by atomic mass is 32.1. The molecule has 2 aromatic heterocycles. The highest BCUT2D eigenvalue weighted by Crippen LogP contribution is 2.29. The number of hydrogen-bond acceptors (Lipinski definition) is 7. The van der Waals surface area contributed by atoms with Gasteiger partial charge in [0.25, 0.3) is 0 Å². The number of likely N-dealkylation sites (N-methyl/N-ethyl adjacent to an activating group) is 1. The Morgan fingerprint density at radius 3 is 1.97 bits per heavy atom. The van der Waals surface area contributed by atoms with Crippen LogP contribution in [-0.2, 0) is 17.8 Å². The lowest BCUT2D eigenvalue weighted by Gasteiger charge is -2.33. The fourth-order valence-electron chi connectivity index (χ4n) is 4.18. The van der Waals surface area contributed by atoms with Crippen LogP contribution >= 0.6 is 22.7 Å². The van der Waals surface area contributed by atoms with E-state index < -0.39 is 0 Å². The Morgan fingerprint density at radius 1 is 0.914 bits per heavy atom. The van der Waals surface area contributed by atoms with Crippen molar-refractivity contribution in [3.05, 3.63) is 82.3 Å². The third-order valence-electron chi connectivity index (χ3n) is 5.89. The third-order valence-corrected chi connectivity index (χ3v) is 7.74. The molecule has 1 atom stereocenters. The van der Waals surface area contributed by atoms with E-state index in [0.717, 1.165) is 24.5 Å². The van der Waals surface area contributed by atoms with Crippen LogP contribution in [0.15, 0.2) is 59.3 Å². The normalized spacial score (nSPS) is 16.7. The minimum atomic E-state index is -0.271. The van der Waals surface area contributed by atoms with Crippen molar-refractivity contribution >= 4 is 22.7 Å². The van der Waals surface area contributed by atoms with E-state index in [4.69, 9.17) is 14.7 Å². The van der Waals surface area contributed by atoms with Crippen LogP contribution in [0.4, 0.5) is 8.78 Å². The van der Waals surface area contributed by atoms with Crippen LogP contribution < -0.4 is 0 Å². The summed E-state index contributed by atoms with van der Waals surface area (Å²) in [7, 11) is 2.10. The molecule has 1 fully saturated rings. The molecule has 1 unspecified atom stereocenters. The van der Waals surface area contributed by atoms with Crippen molar-refractivity contribution in [2.45, 2.75) is 19.2 Å². The topological polar surface area (TPSA) is 41.5 Å². The number of rotatable bonds is 8. The summed E-state index contributed by atoms with van der Waals surface area (Å²) in [6.07, 6.45) is 0.0723. The molecule has 0 N–H and O–H groups in total. The van der Waals surface area contributed by atoms with Crippen molar-refractivity contribution in [3.63, 3.8) is 0 Å². The second kappa shape index (κ2) is 11.0. The standard InChI is InChI=1S/C26H26F2N4OS2/c1-31-10-11-33-20(14-31)15-32(12-18-16-34-25(29-18)21-6-2-4-8-23(21)27)13-19-17-35-26(30-19)22-7-3-5-9-24(22)28/h2-9,16-17,20H,10-15H2,1H3. The number of hydrogen-bond donors (Lipinski definition) is 0. The van der Waals surface area contributed by atoms with Gasteiger partial charge in [-0.2, -0.15) is 0 Å². The molecule has 0 spiro atoms. The SMILES string of the molecule is CN1CCOC(CN(Cc2csc(-c3ccccc3F)n2)Cc2csc(-c3ccccc3F)n2)C1. The maximum Gasteiger partial charge on any atom is 0.133 e. The van der Waals surface area contributed by atoms with E-state index in [9.17, 15) is 8.78 Å². The molecule has 0 radical (unpaired) electrons. The molecule has 0 bridgehead atoms. The zero-order valence-electron chi connectivity index (χ0n) is 19.4. The van der Waals surface area contributed by atoms with Gasteiger partial charge in [-0.25, -0.2) is 18.7 Å². The monoisotopic (exact) mass is 512 g/mol. The van der Waals surface area contributed by atoms with E-state index in [0.29, 0.717) is 47.4 Å². The summed E-state index contributed by atoms with van der Waals surface area (Å²) in [5.41, 5.74) is 2.78. The predicted octanol–water partition coefficient (Wildman–Crippen LogP) is 5.54. The fourth-order valence-corrected chi connectivity index (χ4v) is 5.86. The minimum absolute atomic E-state index is 0.0723. The Bertz CT molecular complexity index is 1190. The number of benzene rings is 2. The minimum Gasteiger partial charge on any atom is -0.374 e. The van der Waals surface area contributed by atoms with Gasteiger partial charge in [-0.15, -0.1) is 22.7 Å². The summed E-state index contributed by atoms with van der Waals surface area (Å²) < 4.78 is 34.5. The molecule has 35 heavy (non-hydrogen) atoms. The van der Waals surface area contributed by atoms with Crippen molar-refractivity contribution in [3.8, 4) is 21.1 Å². The van der Waals surface area contributed by atoms with E-state index >= 15 is 0 Å². The van der Waals surface area contributed by atoms with Crippen LogP contribution in [0, 0.1) is 11.6 Å². The first-order chi connectivity index (χ1) is 17.0. The smallest absolute Gasteiger partial charge is 0.133 e. The number of nitrogens with zero attached hydrogens (tertiary/aromatic N) is 4. The molecule has 4 aromatic rings. The van der Waals surface area contributed by atoms with E-state index in [1.807, 2.05) is 22.9 Å². The van der Waals surface area contributed by atoms with Crippen LogP contribution in [0.3, 0.4) is 0 Å². The Labute approximate surface area is 211 Å². The van der Waals surface area contributed by atoms with Gasteiger partial charge in [-0.05, 0) is 31.3 Å². The van der Waals surface area contributed by atoms with Gasteiger partial charge in [0.2, 0.25) is 0 Å². The zero-order valence-corrected chi connectivity index (χ0v) is 21.0. The van der Waals surface area contributed by atoms with Crippen molar-refractivity contribution in [2.24, 2.45) is 0 Å². The van der Waals surface area contributed by atoms with Gasteiger partial charge >= 0.3 is 0 Å². The fraction of sp³-hybridized carbons (Fsp3) is 0.308. The summed E-state index contributed by atoms with van der Waals surface area (Å²) in [4.78, 5) is 13.9. The van der Waals surface area contributed by atoms with Gasteiger partial charge in [0.1, 0.15) is 21.6 Å². The molecule has 1 aliphatic rings.